The standard InChI is InChI=1S/C20H21NO2/c1-14-7-9-16(10-8-14)11-12-20(22)21-15(2)19-13-17-5-3-4-6-18(17)23-19/h3-10,13,15H,11-12H2,1-2H3,(H,21,22). The van der Waals surface area contributed by atoms with E-state index in [4.69, 9.17) is 4.42 Å². The van der Waals surface area contributed by atoms with Gasteiger partial charge in [0, 0.05) is 11.8 Å². The third-order valence-electron chi connectivity index (χ3n) is 4.01. The summed E-state index contributed by atoms with van der Waals surface area (Å²) in [6.07, 6.45) is 1.23. The van der Waals surface area contributed by atoms with Crippen molar-refractivity contribution in [3.63, 3.8) is 0 Å². The molecule has 0 aliphatic heterocycles. The highest BCUT2D eigenvalue weighted by Gasteiger charge is 2.14. The molecule has 1 unspecified atom stereocenters. The van der Waals surface area contributed by atoms with Crippen molar-refractivity contribution in [1.29, 1.82) is 0 Å². The van der Waals surface area contributed by atoms with Crippen molar-refractivity contribution in [3.8, 4) is 0 Å². The SMILES string of the molecule is Cc1ccc(CCC(=O)NC(C)c2cc3ccccc3o2)cc1. The smallest absolute Gasteiger partial charge is 0.220 e. The topological polar surface area (TPSA) is 42.2 Å². The van der Waals surface area contributed by atoms with Crippen LogP contribution in [-0.4, -0.2) is 5.91 Å². The van der Waals surface area contributed by atoms with Gasteiger partial charge < -0.3 is 9.73 Å². The maximum atomic E-state index is 12.1. The Hall–Kier alpha value is -2.55. The minimum Gasteiger partial charge on any atom is -0.459 e. The van der Waals surface area contributed by atoms with Gasteiger partial charge in [-0.1, -0.05) is 48.0 Å². The van der Waals surface area contributed by atoms with Crippen molar-refractivity contribution in [2.75, 3.05) is 0 Å². The lowest BCUT2D eigenvalue weighted by Crippen LogP contribution is -2.26. The molecule has 0 saturated carbocycles. The second-order valence-electron chi connectivity index (χ2n) is 5.96. The third-order valence-corrected chi connectivity index (χ3v) is 4.01. The van der Waals surface area contributed by atoms with Crippen LogP contribution in [-0.2, 0) is 11.2 Å². The van der Waals surface area contributed by atoms with Crippen LogP contribution >= 0.6 is 0 Å². The minimum absolute atomic E-state index is 0.0403. The molecule has 0 fully saturated rings. The summed E-state index contributed by atoms with van der Waals surface area (Å²) < 4.78 is 5.79. The molecule has 3 rings (SSSR count). The van der Waals surface area contributed by atoms with E-state index in [9.17, 15) is 4.79 Å². The summed E-state index contributed by atoms with van der Waals surface area (Å²) >= 11 is 0. The second-order valence-corrected chi connectivity index (χ2v) is 5.96. The molecule has 1 heterocycles. The van der Waals surface area contributed by atoms with Gasteiger partial charge in [0.15, 0.2) is 0 Å². The Kier molecular flexibility index (Phi) is 4.47. The summed E-state index contributed by atoms with van der Waals surface area (Å²) in [5.74, 6) is 0.827. The maximum Gasteiger partial charge on any atom is 0.220 e. The highest BCUT2D eigenvalue weighted by Crippen LogP contribution is 2.23. The van der Waals surface area contributed by atoms with Gasteiger partial charge in [0.1, 0.15) is 11.3 Å². The lowest BCUT2D eigenvalue weighted by molar-refractivity contribution is -0.121. The lowest BCUT2D eigenvalue weighted by Gasteiger charge is -2.11. The number of aryl methyl sites for hydroxylation is 2. The summed E-state index contributed by atoms with van der Waals surface area (Å²) in [6, 6.07) is 18.0. The normalized spacial score (nSPS) is 12.3. The van der Waals surface area contributed by atoms with Crippen LogP contribution in [0.1, 0.15) is 36.3 Å². The Morgan fingerprint density at radius 2 is 1.87 bits per heavy atom. The molecule has 0 bridgehead atoms. The number of furan rings is 1. The van der Waals surface area contributed by atoms with Crippen LogP contribution < -0.4 is 5.32 Å². The van der Waals surface area contributed by atoms with Crippen molar-refractivity contribution in [3.05, 3.63) is 71.5 Å². The largest absolute Gasteiger partial charge is 0.459 e. The van der Waals surface area contributed by atoms with Crippen LogP contribution in [0.3, 0.4) is 0 Å². The first-order valence-electron chi connectivity index (χ1n) is 7.95. The first kappa shape index (κ1) is 15.3. The summed E-state index contributed by atoms with van der Waals surface area (Å²) in [5.41, 5.74) is 3.27. The highest BCUT2D eigenvalue weighted by atomic mass is 16.3. The van der Waals surface area contributed by atoms with E-state index in [-0.39, 0.29) is 11.9 Å². The number of hydrogen-bond donors (Lipinski definition) is 1. The molecule has 3 nitrogen and oxygen atoms in total. The molecular formula is C20H21NO2. The summed E-state index contributed by atoms with van der Waals surface area (Å²) in [6.45, 7) is 4.01. The molecule has 118 valence electrons. The van der Waals surface area contributed by atoms with Crippen molar-refractivity contribution in [1.82, 2.24) is 5.32 Å². The van der Waals surface area contributed by atoms with E-state index in [1.165, 1.54) is 11.1 Å². The van der Waals surface area contributed by atoms with Crippen LogP contribution in [0.25, 0.3) is 11.0 Å². The maximum absolute atomic E-state index is 12.1. The van der Waals surface area contributed by atoms with E-state index in [0.29, 0.717) is 6.42 Å². The number of fused-ring (bicyclic) bond motifs is 1. The van der Waals surface area contributed by atoms with Crippen LogP contribution in [0.5, 0.6) is 0 Å². The zero-order chi connectivity index (χ0) is 16.2. The number of nitrogens with one attached hydrogen (secondary N) is 1. The Labute approximate surface area is 136 Å². The third kappa shape index (κ3) is 3.81. The molecule has 0 saturated heterocycles. The lowest BCUT2D eigenvalue weighted by atomic mass is 10.1. The molecule has 0 radical (unpaired) electrons. The number of carbonyl (C=O) groups excluding carboxylic acids is 1. The summed E-state index contributed by atoms with van der Waals surface area (Å²) in [4.78, 5) is 12.1. The summed E-state index contributed by atoms with van der Waals surface area (Å²) in [5, 5.41) is 4.06. The van der Waals surface area contributed by atoms with E-state index < -0.39 is 0 Å². The molecule has 0 aliphatic carbocycles. The molecule has 23 heavy (non-hydrogen) atoms. The van der Waals surface area contributed by atoms with E-state index in [1.807, 2.05) is 37.3 Å². The van der Waals surface area contributed by atoms with E-state index in [0.717, 1.165) is 23.2 Å². The molecule has 1 N–H and O–H groups in total. The van der Waals surface area contributed by atoms with Gasteiger partial charge in [0.25, 0.3) is 0 Å². The van der Waals surface area contributed by atoms with E-state index in [1.54, 1.807) is 0 Å². The number of para-hydroxylation sites is 1. The average molecular weight is 307 g/mol. The van der Waals surface area contributed by atoms with Crippen LogP contribution in [0.15, 0.2) is 59.0 Å². The van der Waals surface area contributed by atoms with E-state index >= 15 is 0 Å². The number of rotatable bonds is 5. The molecule has 3 aromatic rings. The van der Waals surface area contributed by atoms with Gasteiger partial charge in [-0.2, -0.15) is 0 Å². The van der Waals surface area contributed by atoms with Gasteiger partial charge in [0.05, 0.1) is 6.04 Å². The van der Waals surface area contributed by atoms with E-state index in [2.05, 4.69) is 36.5 Å². The molecular weight excluding hydrogens is 286 g/mol. The van der Waals surface area contributed by atoms with Crippen molar-refractivity contribution in [2.45, 2.75) is 32.7 Å². The molecule has 1 aromatic heterocycles. The second kappa shape index (κ2) is 6.69. The van der Waals surface area contributed by atoms with Gasteiger partial charge in [-0.25, -0.2) is 0 Å². The Balaban J connectivity index is 1.57. The molecule has 0 spiro atoms. The van der Waals surface area contributed by atoms with Crippen molar-refractivity contribution in [2.24, 2.45) is 0 Å². The average Bonchev–Trinajstić information content (AvgIpc) is 2.98. The first-order valence-corrected chi connectivity index (χ1v) is 7.95. The fourth-order valence-corrected chi connectivity index (χ4v) is 2.61. The van der Waals surface area contributed by atoms with Crippen molar-refractivity contribution < 1.29 is 9.21 Å². The minimum atomic E-state index is -0.132. The van der Waals surface area contributed by atoms with Gasteiger partial charge in [-0.3, -0.25) is 4.79 Å². The van der Waals surface area contributed by atoms with Gasteiger partial charge in [0.2, 0.25) is 5.91 Å². The number of amides is 1. The number of benzene rings is 2. The van der Waals surface area contributed by atoms with Gasteiger partial charge in [-0.05, 0) is 38.0 Å². The Morgan fingerprint density at radius 1 is 1.13 bits per heavy atom. The molecule has 1 atom stereocenters. The van der Waals surface area contributed by atoms with Gasteiger partial charge >= 0.3 is 0 Å². The first-order chi connectivity index (χ1) is 11.1. The molecule has 2 aromatic carbocycles. The van der Waals surface area contributed by atoms with Crippen molar-refractivity contribution >= 4 is 16.9 Å². The van der Waals surface area contributed by atoms with Crippen LogP contribution in [0.4, 0.5) is 0 Å². The summed E-state index contributed by atoms with van der Waals surface area (Å²) in [7, 11) is 0. The number of hydrogen-bond acceptors (Lipinski definition) is 2. The predicted octanol–water partition coefficient (Wildman–Crippen LogP) is 4.55. The molecule has 3 heteroatoms. The van der Waals surface area contributed by atoms with Crippen LogP contribution in [0.2, 0.25) is 0 Å². The van der Waals surface area contributed by atoms with Crippen LogP contribution in [0, 0.1) is 6.92 Å². The Morgan fingerprint density at radius 3 is 2.61 bits per heavy atom. The highest BCUT2D eigenvalue weighted by molar-refractivity contribution is 5.79. The quantitative estimate of drug-likeness (QED) is 0.751. The predicted molar refractivity (Wildman–Crippen MR) is 92.3 cm³/mol. The number of carbonyl (C=O) groups is 1. The fourth-order valence-electron chi connectivity index (χ4n) is 2.61. The Bertz CT molecular complexity index is 769. The van der Waals surface area contributed by atoms with Gasteiger partial charge in [-0.15, -0.1) is 0 Å². The monoisotopic (exact) mass is 307 g/mol. The zero-order valence-electron chi connectivity index (χ0n) is 13.5. The molecule has 1 amide bonds. The zero-order valence-corrected chi connectivity index (χ0v) is 13.5. The fraction of sp³-hybridized carbons (Fsp3) is 0.250. The molecule has 0 aliphatic rings.